The van der Waals surface area contributed by atoms with Crippen LogP contribution in [0.15, 0.2) is 53.2 Å². The molecule has 6 nitrogen and oxygen atoms in total. The van der Waals surface area contributed by atoms with Crippen molar-refractivity contribution in [3.05, 3.63) is 71.5 Å². The van der Waals surface area contributed by atoms with Crippen molar-refractivity contribution in [2.24, 2.45) is 0 Å². The Morgan fingerprint density at radius 2 is 2.08 bits per heavy atom. The first-order valence-electron chi connectivity index (χ1n) is 7.46. The van der Waals surface area contributed by atoms with Crippen LogP contribution in [-0.4, -0.2) is 9.97 Å². The number of hydrogen-bond donors (Lipinski definition) is 1. The minimum Gasteiger partial charge on any atom is -0.484 e. The molecule has 120 valence electrons. The summed E-state index contributed by atoms with van der Waals surface area (Å²) in [5.41, 5.74) is 2.35. The Bertz CT molecular complexity index is 836. The molecular weight excluding hydrogens is 304 g/mol. The van der Waals surface area contributed by atoms with E-state index < -0.39 is 0 Å². The summed E-state index contributed by atoms with van der Waals surface area (Å²) in [6.07, 6.45) is 3.45. The first-order valence-corrected chi connectivity index (χ1v) is 7.46. The van der Waals surface area contributed by atoms with Crippen molar-refractivity contribution in [2.75, 3.05) is 5.32 Å². The van der Waals surface area contributed by atoms with Crippen molar-refractivity contribution < 1.29 is 9.15 Å². The number of ether oxygens (including phenoxy) is 1. The number of rotatable bonds is 6. The van der Waals surface area contributed by atoms with Crippen LogP contribution in [0, 0.1) is 18.3 Å². The van der Waals surface area contributed by atoms with Gasteiger partial charge in [0, 0.05) is 18.9 Å². The van der Waals surface area contributed by atoms with Crippen LogP contribution in [0.1, 0.15) is 22.7 Å². The maximum absolute atomic E-state index is 9.18. The van der Waals surface area contributed by atoms with Crippen molar-refractivity contribution in [1.82, 2.24) is 9.97 Å². The molecule has 3 rings (SSSR count). The van der Waals surface area contributed by atoms with Gasteiger partial charge in [0.2, 0.25) is 17.5 Å². The smallest absolute Gasteiger partial charge is 0.236 e. The van der Waals surface area contributed by atoms with Gasteiger partial charge in [-0.05, 0) is 30.7 Å². The van der Waals surface area contributed by atoms with Crippen molar-refractivity contribution >= 4 is 5.88 Å². The van der Waals surface area contributed by atoms with Gasteiger partial charge in [0.15, 0.2) is 6.61 Å². The number of oxazole rings is 1. The molecule has 2 heterocycles. The number of anilines is 1. The van der Waals surface area contributed by atoms with E-state index in [1.165, 1.54) is 0 Å². The second-order valence-corrected chi connectivity index (χ2v) is 5.21. The van der Waals surface area contributed by atoms with Crippen LogP contribution in [0.3, 0.4) is 0 Å². The Morgan fingerprint density at radius 1 is 1.25 bits per heavy atom. The topological polar surface area (TPSA) is 84.0 Å². The highest BCUT2D eigenvalue weighted by molar-refractivity contribution is 5.45. The number of aryl methyl sites for hydroxylation is 1. The summed E-state index contributed by atoms with van der Waals surface area (Å²) in [7, 11) is 0. The summed E-state index contributed by atoms with van der Waals surface area (Å²) >= 11 is 0. The zero-order chi connectivity index (χ0) is 16.8. The highest BCUT2D eigenvalue weighted by Gasteiger charge is 2.13. The maximum Gasteiger partial charge on any atom is 0.236 e. The first kappa shape index (κ1) is 15.6. The van der Waals surface area contributed by atoms with Gasteiger partial charge >= 0.3 is 0 Å². The van der Waals surface area contributed by atoms with E-state index in [2.05, 4.69) is 15.3 Å². The van der Waals surface area contributed by atoms with Crippen LogP contribution in [-0.2, 0) is 13.2 Å². The van der Waals surface area contributed by atoms with Gasteiger partial charge < -0.3 is 14.5 Å². The van der Waals surface area contributed by atoms with Gasteiger partial charge in [-0.15, -0.1) is 0 Å². The third-order valence-electron chi connectivity index (χ3n) is 3.34. The lowest BCUT2D eigenvalue weighted by molar-refractivity contribution is 0.264. The summed E-state index contributed by atoms with van der Waals surface area (Å²) < 4.78 is 11.2. The molecule has 0 amide bonds. The second kappa shape index (κ2) is 7.29. The molecule has 0 saturated heterocycles. The van der Waals surface area contributed by atoms with Crippen LogP contribution >= 0.6 is 0 Å². The fraction of sp³-hybridized carbons (Fsp3) is 0.167. The summed E-state index contributed by atoms with van der Waals surface area (Å²) in [4.78, 5) is 8.19. The number of hydrogen-bond acceptors (Lipinski definition) is 6. The summed E-state index contributed by atoms with van der Waals surface area (Å²) in [6.45, 7) is 2.67. The predicted octanol–water partition coefficient (Wildman–Crippen LogP) is 3.44. The monoisotopic (exact) mass is 320 g/mol. The lowest BCUT2D eigenvalue weighted by atomic mass is 10.2. The zero-order valence-corrected chi connectivity index (χ0v) is 13.2. The van der Waals surface area contributed by atoms with E-state index in [-0.39, 0.29) is 12.3 Å². The van der Waals surface area contributed by atoms with E-state index in [0.29, 0.717) is 18.3 Å². The van der Waals surface area contributed by atoms with E-state index >= 15 is 0 Å². The van der Waals surface area contributed by atoms with E-state index in [0.717, 1.165) is 16.9 Å². The van der Waals surface area contributed by atoms with Crippen LogP contribution in [0.2, 0.25) is 0 Å². The molecule has 0 atom stereocenters. The number of pyridine rings is 1. The van der Waals surface area contributed by atoms with Crippen molar-refractivity contribution in [2.45, 2.75) is 20.1 Å². The molecule has 1 aromatic carbocycles. The molecule has 0 unspecified atom stereocenters. The fourth-order valence-electron chi connectivity index (χ4n) is 2.09. The van der Waals surface area contributed by atoms with Crippen molar-refractivity contribution in [3.63, 3.8) is 0 Å². The van der Waals surface area contributed by atoms with E-state index in [1.807, 2.05) is 49.4 Å². The number of aromatic nitrogens is 2. The summed E-state index contributed by atoms with van der Waals surface area (Å²) in [5.74, 6) is 1.41. The van der Waals surface area contributed by atoms with Gasteiger partial charge in [-0.3, -0.25) is 4.98 Å². The molecule has 0 aliphatic carbocycles. The number of nitriles is 1. The zero-order valence-electron chi connectivity index (χ0n) is 13.2. The van der Waals surface area contributed by atoms with Gasteiger partial charge in [-0.25, -0.2) is 0 Å². The predicted molar refractivity (Wildman–Crippen MR) is 88.3 cm³/mol. The van der Waals surface area contributed by atoms with Crippen LogP contribution in [0.5, 0.6) is 5.75 Å². The Balaban J connectivity index is 1.64. The number of nitrogens with one attached hydrogen (secondary N) is 1. The molecule has 0 fully saturated rings. The maximum atomic E-state index is 9.18. The van der Waals surface area contributed by atoms with E-state index in [1.54, 1.807) is 12.4 Å². The lowest BCUT2D eigenvalue weighted by Gasteiger charge is -2.04. The molecule has 0 aliphatic rings. The SMILES string of the molecule is Cc1ccc(OCc2nc(C#N)c(NCc3cccnc3)o2)cc1. The molecule has 6 heteroatoms. The standard InChI is InChI=1S/C18H16N4O2/c1-13-4-6-15(7-5-13)23-12-17-22-16(9-19)18(24-17)21-11-14-3-2-8-20-10-14/h2-8,10,21H,11-12H2,1H3. The normalized spacial score (nSPS) is 10.2. The summed E-state index contributed by atoms with van der Waals surface area (Å²) in [6, 6.07) is 13.5. The lowest BCUT2D eigenvalue weighted by Crippen LogP contribution is -2.00. The Labute approximate surface area is 139 Å². The average molecular weight is 320 g/mol. The summed E-state index contributed by atoms with van der Waals surface area (Å²) in [5, 5.41) is 12.2. The van der Waals surface area contributed by atoms with Crippen molar-refractivity contribution in [3.8, 4) is 11.8 Å². The van der Waals surface area contributed by atoms with Crippen molar-refractivity contribution in [1.29, 1.82) is 5.26 Å². The van der Waals surface area contributed by atoms with Gasteiger partial charge in [0.05, 0.1) is 0 Å². The minimum absolute atomic E-state index is 0.159. The minimum atomic E-state index is 0.159. The molecule has 0 aliphatic heterocycles. The Hall–Kier alpha value is -3.33. The third kappa shape index (κ3) is 3.90. The molecule has 0 saturated carbocycles. The quantitative estimate of drug-likeness (QED) is 0.749. The highest BCUT2D eigenvalue weighted by atomic mass is 16.5. The Kier molecular flexibility index (Phi) is 4.73. The molecule has 2 aromatic heterocycles. The fourth-order valence-corrected chi connectivity index (χ4v) is 2.09. The van der Waals surface area contributed by atoms with Gasteiger partial charge in [0.25, 0.3) is 0 Å². The van der Waals surface area contributed by atoms with Crippen LogP contribution in [0.25, 0.3) is 0 Å². The van der Waals surface area contributed by atoms with Gasteiger partial charge in [0.1, 0.15) is 11.8 Å². The number of nitrogens with zero attached hydrogens (tertiary/aromatic N) is 3. The van der Waals surface area contributed by atoms with Crippen LogP contribution < -0.4 is 10.1 Å². The largest absolute Gasteiger partial charge is 0.484 e. The van der Waals surface area contributed by atoms with E-state index in [9.17, 15) is 5.26 Å². The Morgan fingerprint density at radius 3 is 2.79 bits per heavy atom. The third-order valence-corrected chi connectivity index (χ3v) is 3.34. The number of benzene rings is 1. The molecular formula is C18H16N4O2. The molecule has 24 heavy (non-hydrogen) atoms. The molecule has 0 bridgehead atoms. The van der Waals surface area contributed by atoms with Gasteiger partial charge in [-0.2, -0.15) is 10.2 Å². The second-order valence-electron chi connectivity index (χ2n) is 5.21. The van der Waals surface area contributed by atoms with Gasteiger partial charge in [-0.1, -0.05) is 23.8 Å². The van der Waals surface area contributed by atoms with Crippen LogP contribution in [0.4, 0.5) is 5.88 Å². The first-order chi connectivity index (χ1) is 11.7. The molecule has 3 aromatic rings. The van der Waals surface area contributed by atoms with E-state index in [4.69, 9.17) is 9.15 Å². The molecule has 0 spiro atoms. The highest BCUT2D eigenvalue weighted by Crippen LogP contribution is 2.19. The molecule has 1 N–H and O–H groups in total. The molecule has 0 radical (unpaired) electrons. The average Bonchev–Trinajstić information content (AvgIpc) is 3.03.